The van der Waals surface area contributed by atoms with Crippen molar-refractivity contribution in [2.75, 3.05) is 13.2 Å². The minimum Gasteiger partial charge on any atom is -0.466 e. The third kappa shape index (κ3) is 23.9. The quantitative estimate of drug-likeness (QED) is 0.111. The molecule has 0 radical (unpaired) electrons. The topological polar surface area (TPSA) is 52.6 Å². The lowest BCUT2D eigenvalue weighted by atomic mass is 9.93. The Morgan fingerprint density at radius 2 is 0.970 bits per heavy atom. The molecule has 0 rings (SSSR count). The summed E-state index contributed by atoms with van der Waals surface area (Å²) in [4.78, 5) is 23.5. The van der Waals surface area contributed by atoms with Gasteiger partial charge in [0.25, 0.3) is 0 Å². The highest BCUT2D eigenvalue weighted by molar-refractivity contribution is 5.69. The molecule has 1 unspecified atom stereocenters. The van der Waals surface area contributed by atoms with E-state index in [2.05, 4.69) is 34.6 Å². The van der Waals surface area contributed by atoms with Gasteiger partial charge in [0.2, 0.25) is 0 Å². The first kappa shape index (κ1) is 31.9. The largest absolute Gasteiger partial charge is 0.466 e. The lowest BCUT2D eigenvalue weighted by Gasteiger charge is -2.14. The molecule has 4 heteroatoms. The fraction of sp³-hybridized carbons (Fsp3) is 0.931. The molecule has 0 aliphatic carbocycles. The lowest BCUT2D eigenvalue weighted by Crippen LogP contribution is -2.10. The Kier molecular flexibility index (Phi) is 22.0. The van der Waals surface area contributed by atoms with E-state index in [0.29, 0.717) is 43.8 Å². The van der Waals surface area contributed by atoms with Crippen LogP contribution in [-0.4, -0.2) is 25.2 Å². The van der Waals surface area contributed by atoms with Crippen molar-refractivity contribution >= 4 is 11.9 Å². The fourth-order valence-corrected chi connectivity index (χ4v) is 3.95. The molecule has 0 bridgehead atoms. The van der Waals surface area contributed by atoms with Crippen LogP contribution in [0.3, 0.4) is 0 Å². The fourth-order valence-electron chi connectivity index (χ4n) is 3.95. The molecule has 0 aromatic heterocycles. The van der Waals surface area contributed by atoms with Crippen molar-refractivity contribution < 1.29 is 19.1 Å². The predicted octanol–water partition coefficient (Wildman–Crippen LogP) is 8.65. The second-order valence-corrected chi connectivity index (χ2v) is 10.7. The lowest BCUT2D eigenvalue weighted by molar-refractivity contribution is -0.145. The smallest absolute Gasteiger partial charge is 0.305 e. The van der Waals surface area contributed by atoms with Gasteiger partial charge < -0.3 is 9.47 Å². The molecule has 0 amide bonds. The second kappa shape index (κ2) is 22.7. The summed E-state index contributed by atoms with van der Waals surface area (Å²) in [6, 6.07) is 0. The zero-order chi connectivity index (χ0) is 24.7. The van der Waals surface area contributed by atoms with Crippen LogP contribution in [0.1, 0.15) is 144 Å². The van der Waals surface area contributed by atoms with Crippen LogP contribution in [0.4, 0.5) is 0 Å². The highest BCUT2D eigenvalue weighted by Gasteiger charge is 2.11. The average molecular weight is 469 g/mol. The highest BCUT2D eigenvalue weighted by Crippen LogP contribution is 2.20. The molecule has 0 N–H and O–H groups in total. The van der Waals surface area contributed by atoms with Crippen molar-refractivity contribution in [2.24, 2.45) is 17.8 Å². The third-order valence-electron chi connectivity index (χ3n) is 6.49. The maximum atomic E-state index is 11.8. The summed E-state index contributed by atoms with van der Waals surface area (Å²) in [6.07, 6.45) is 19.0. The van der Waals surface area contributed by atoms with Gasteiger partial charge in [0.05, 0.1) is 13.2 Å². The second-order valence-electron chi connectivity index (χ2n) is 10.7. The molecule has 0 saturated heterocycles. The van der Waals surface area contributed by atoms with Crippen LogP contribution in [0.15, 0.2) is 0 Å². The van der Waals surface area contributed by atoms with Gasteiger partial charge in [-0.1, -0.05) is 105 Å². The first-order valence-corrected chi connectivity index (χ1v) is 14.2. The first-order chi connectivity index (χ1) is 15.8. The Labute approximate surface area is 206 Å². The van der Waals surface area contributed by atoms with Crippen LogP contribution in [0.25, 0.3) is 0 Å². The number of unbranched alkanes of at least 4 members (excludes halogenated alkanes) is 9. The van der Waals surface area contributed by atoms with Gasteiger partial charge in [-0.3, -0.25) is 9.59 Å². The van der Waals surface area contributed by atoms with Gasteiger partial charge in [-0.25, -0.2) is 0 Å². The molecule has 1 atom stereocenters. The normalized spacial score (nSPS) is 12.3. The van der Waals surface area contributed by atoms with Crippen LogP contribution in [0.2, 0.25) is 0 Å². The molecule has 0 aliphatic heterocycles. The van der Waals surface area contributed by atoms with E-state index in [9.17, 15) is 9.59 Å². The number of ether oxygens (including phenoxy) is 2. The number of esters is 2. The molecule has 0 heterocycles. The van der Waals surface area contributed by atoms with Crippen LogP contribution in [0, 0.1) is 17.8 Å². The summed E-state index contributed by atoms with van der Waals surface area (Å²) in [5.74, 6) is 1.80. The van der Waals surface area contributed by atoms with Crippen molar-refractivity contribution in [1.82, 2.24) is 0 Å². The molecular formula is C29H56O4. The average Bonchev–Trinajstić information content (AvgIpc) is 2.76. The minimum atomic E-state index is -0.0254. The van der Waals surface area contributed by atoms with E-state index in [-0.39, 0.29) is 11.9 Å². The summed E-state index contributed by atoms with van der Waals surface area (Å²) >= 11 is 0. The summed E-state index contributed by atoms with van der Waals surface area (Å²) in [5.41, 5.74) is 0. The Morgan fingerprint density at radius 3 is 1.42 bits per heavy atom. The van der Waals surface area contributed by atoms with Gasteiger partial charge in [0.1, 0.15) is 0 Å². The Morgan fingerprint density at radius 1 is 0.545 bits per heavy atom. The van der Waals surface area contributed by atoms with E-state index in [1.165, 1.54) is 57.8 Å². The molecule has 196 valence electrons. The zero-order valence-corrected chi connectivity index (χ0v) is 22.8. The molecule has 4 nitrogen and oxygen atoms in total. The van der Waals surface area contributed by atoms with Crippen LogP contribution >= 0.6 is 0 Å². The van der Waals surface area contributed by atoms with Crippen LogP contribution in [-0.2, 0) is 19.1 Å². The van der Waals surface area contributed by atoms with E-state index < -0.39 is 0 Å². The van der Waals surface area contributed by atoms with Gasteiger partial charge in [-0.15, -0.1) is 0 Å². The molecule has 0 saturated carbocycles. The van der Waals surface area contributed by atoms with E-state index in [0.717, 1.165) is 38.5 Å². The maximum absolute atomic E-state index is 11.8. The molecule has 0 fully saturated rings. The highest BCUT2D eigenvalue weighted by atomic mass is 16.5. The Balaban J connectivity index is 3.44. The van der Waals surface area contributed by atoms with Gasteiger partial charge in [-0.2, -0.15) is 0 Å². The Bertz CT molecular complexity index is 459. The summed E-state index contributed by atoms with van der Waals surface area (Å²) < 4.78 is 10.6. The van der Waals surface area contributed by atoms with Crippen molar-refractivity contribution in [1.29, 1.82) is 0 Å². The molecule has 0 aromatic carbocycles. The number of carbonyl (C=O) groups is 2. The number of hydrogen-bond donors (Lipinski definition) is 0. The van der Waals surface area contributed by atoms with E-state index >= 15 is 0 Å². The molecule has 0 spiro atoms. The van der Waals surface area contributed by atoms with Gasteiger partial charge in [-0.05, 0) is 43.4 Å². The van der Waals surface area contributed by atoms with Crippen molar-refractivity contribution in [2.45, 2.75) is 144 Å². The van der Waals surface area contributed by atoms with E-state index in [1.54, 1.807) is 0 Å². The standard InChI is InChI=1S/C29H56O4/c1-6-27(19-20-29(31)33-24-22-26(4)5)17-15-13-11-9-7-8-10-12-14-16-18-28(30)32-23-21-25(2)3/h25-27H,6-24H2,1-5H3. The molecule has 33 heavy (non-hydrogen) atoms. The molecular weight excluding hydrogens is 412 g/mol. The maximum Gasteiger partial charge on any atom is 0.305 e. The first-order valence-electron chi connectivity index (χ1n) is 14.2. The van der Waals surface area contributed by atoms with Crippen LogP contribution in [0.5, 0.6) is 0 Å². The van der Waals surface area contributed by atoms with Crippen molar-refractivity contribution in [3.63, 3.8) is 0 Å². The number of carbonyl (C=O) groups excluding carboxylic acids is 2. The van der Waals surface area contributed by atoms with Crippen molar-refractivity contribution in [3.8, 4) is 0 Å². The van der Waals surface area contributed by atoms with Crippen molar-refractivity contribution in [3.05, 3.63) is 0 Å². The van der Waals surface area contributed by atoms with Gasteiger partial charge >= 0.3 is 11.9 Å². The summed E-state index contributed by atoms with van der Waals surface area (Å²) in [5, 5.41) is 0. The monoisotopic (exact) mass is 468 g/mol. The van der Waals surface area contributed by atoms with Crippen LogP contribution < -0.4 is 0 Å². The zero-order valence-electron chi connectivity index (χ0n) is 22.8. The number of hydrogen-bond acceptors (Lipinski definition) is 4. The molecule has 0 aliphatic rings. The SMILES string of the molecule is CCC(CCCCCCCCCCCCC(=O)OCCC(C)C)CCC(=O)OCCC(C)C. The third-order valence-corrected chi connectivity index (χ3v) is 6.49. The summed E-state index contributed by atoms with van der Waals surface area (Å²) in [6.45, 7) is 12.0. The molecule has 0 aromatic rings. The predicted molar refractivity (Wildman–Crippen MR) is 139 cm³/mol. The van der Waals surface area contributed by atoms with Gasteiger partial charge in [0.15, 0.2) is 0 Å². The Hall–Kier alpha value is -1.06. The van der Waals surface area contributed by atoms with Gasteiger partial charge in [0, 0.05) is 12.8 Å². The number of rotatable bonds is 23. The van der Waals surface area contributed by atoms with E-state index in [4.69, 9.17) is 9.47 Å². The van der Waals surface area contributed by atoms with E-state index in [1.807, 2.05) is 0 Å². The summed E-state index contributed by atoms with van der Waals surface area (Å²) in [7, 11) is 0. The minimum absolute atomic E-state index is 0.0179.